The lowest BCUT2D eigenvalue weighted by Gasteiger charge is -2.12. The van der Waals surface area contributed by atoms with Crippen LogP contribution >= 0.6 is 0 Å². The van der Waals surface area contributed by atoms with Gasteiger partial charge < -0.3 is 24.3 Å². The molecule has 0 atom stereocenters. The molecule has 1 heterocycles. The van der Waals surface area contributed by atoms with Crippen molar-refractivity contribution in [3.63, 3.8) is 0 Å². The molecule has 0 fully saturated rings. The summed E-state index contributed by atoms with van der Waals surface area (Å²) in [5.41, 5.74) is 0.238. The quantitative estimate of drug-likeness (QED) is 0.677. The van der Waals surface area contributed by atoms with Gasteiger partial charge in [0.2, 0.25) is 5.55 Å². The second-order valence-electron chi connectivity index (χ2n) is 5.21. The fraction of sp³-hybridized carbons (Fsp3) is 0.111. The zero-order valence-corrected chi connectivity index (χ0v) is 13.6. The Balaban J connectivity index is 2.01. The van der Waals surface area contributed by atoms with Crippen LogP contribution in [-0.2, 0) is 0 Å². The maximum Gasteiger partial charge on any atom is 0.261 e. The summed E-state index contributed by atoms with van der Waals surface area (Å²) in [7, 11) is 3.01. The topological polar surface area (TPSA) is 105 Å². The number of phenols is 1. The van der Waals surface area contributed by atoms with E-state index in [1.54, 1.807) is 30.3 Å². The number of phenolic OH excluding ortho intramolecular Hbond substituents is 1. The maximum absolute atomic E-state index is 12.6. The highest BCUT2D eigenvalue weighted by atomic mass is 16.5. The fourth-order valence-electron chi connectivity index (χ4n) is 2.42. The summed E-state index contributed by atoms with van der Waals surface area (Å²) < 4.78 is 15.7. The Morgan fingerprint density at radius 3 is 2.68 bits per heavy atom. The van der Waals surface area contributed by atoms with Crippen molar-refractivity contribution in [2.75, 3.05) is 19.5 Å². The summed E-state index contributed by atoms with van der Waals surface area (Å²) in [6.07, 6.45) is 0. The number of carbonyl (C=O) groups excluding carboxylic acids is 1. The molecule has 7 heteroatoms. The summed E-state index contributed by atoms with van der Waals surface area (Å²) in [6, 6.07) is 11.2. The maximum atomic E-state index is 12.6. The Labute approximate surface area is 142 Å². The fourth-order valence-corrected chi connectivity index (χ4v) is 2.42. The highest BCUT2D eigenvalue weighted by Crippen LogP contribution is 2.29. The van der Waals surface area contributed by atoms with Crippen LogP contribution in [0.5, 0.6) is 17.2 Å². The zero-order valence-electron chi connectivity index (χ0n) is 13.6. The molecule has 3 rings (SSSR count). The van der Waals surface area contributed by atoms with Gasteiger partial charge in [0.25, 0.3) is 5.91 Å². The molecular formula is C18H16N2O5. The second kappa shape index (κ2) is 6.56. The van der Waals surface area contributed by atoms with E-state index in [1.165, 1.54) is 26.4 Å². The Morgan fingerprint density at radius 1 is 1.16 bits per heavy atom. The standard InChI is InChI=1S/C18H16N2O5/c1-23-11-6-7-15(24-2)13(9-11)20-18(22)12-8-10-4-3-5-14(21)16(10)25-17(12)19/h3-9,19,21H,1-2H3,(H,20,22). The van der Waals surface area contributed by atoms with Crippen LogP contribution in [0.15, 0.2) is 46.9 Å². The molecule has 0 radical (unpaired) electrons. The van der Waals surface area contributed by atoms with E-state index in [4.69, 9.17) is 19.3 Å². The molecule has 3 N–H and O–H groups in total. The minimum atomic E-state index is -0.537. The van der Waals surface area contributed by atoms with Gasteiger partial charge in [0.15, 0.2) is 11.3 Å². The zero-order chi connectivity index (χ0) is 18.0. The van der Waals surface area contributed by atoms with E-state index < -0.39 is 5.91 Å². The summed E-state index contributed by atoms with van der Waals surface area (Å²) in [6.45, 7) is 0. The average molecular weight is 340 g/mol. The monoisotopic (exact) mass is 340 g/mol. The van der Waals surface area contributed by atoms with Crippen molar-refractivity contribution < 1.29 is 23.8 Å². The molecule has 0 spiro atoms. The Hall–Kier alpha value is -3.48. The number of rotatable bonds is 4. The summed E-state index contributed by atoms with van der Waals surface area (Å²) in [5, 5.41) is 20.9. The van der Waals surface area contributed by atoms with Gasteiger partial charge in [0.1, 0.15) is 17.1 Å². The van der Waals surface area contributed by atoms with Crippen LogP contribution in [0, 0.1) is 5.41 Å². The van der Waals surface area contributed by atoms with Crippen molar-refractivity contribution >= 4 is 22.6 Å². The van der Waals surface area contributed by atoms with E-state index in [0.29, 0.717) is 22.6 Å². The SMILES string of the molecule is COc1ccc(OC)c(NC(=O)c2cc3cccc(O)c3oc2=N)c1. The van der Waals surface area contributed by atoms with E-state index in [0.717, 1.165) is 0 Å². The molecule has 1 aromatic heterocycles. The van der Waals surface area contributed by atoms with E-state index in [2.05, 4.69) is 5.32 Å². The van der Waals surface area contributed by atoms with Gasteiger partial charge >= 0.3 is 0 Å². The lowest BCUT2D eigenvalue weighted by atomic mass is 10.1. The number of benzene rings is 2. The van der Waals surface area contributed by atoms with Gasteiger partial charge in [-0.25, -0.2) is 0 Å². The third-order valence-electron chi connectivity index (χ3n) is 3.67. The van der Waals surface area contributed by atoms with Crippen molar-refractivity contribution in [1.82, 2.24) is 0 Å². The minimum Gasteiger partial charge on any atom is -0.504 e. The Bertz CT molecular complexity index is 1010. The largest absolute Gasteiger partial charge is 0.504 e. The lowest BCUT2D eigenvalue weighted by molar-refractivity contribution is 0.102. The lowest BCUT2D eigenvalue weighted by Crippen LogP contribution is -2.21. The number of ether oxygens (including phenoxy) is 2. The van der Waals surface area contributed by atoms with Gasteiger partial charge in [-0.2, -0.15) is 0 Å². The van der Waals surface area contributed by atoms with Gasteiger partial charge in [-0.1, -0.05) is 12.1 Å². The molecule has 0 saturated heterocycles. The predicted molar refractivity (Wildman–Crippen MR) is 91.2 cm³/mol. The molecule has 0 unspecified atom stereocenters. The van der Waals surface area contributed by atoms with Crippen molar-refractivity contribution in [3.8, 4) is 17.2 Å². The van der Waals surface area contributed by atoms with Gasteiger partial charge in [0, 0.05) is 11.5 Å². The third-order valence-corrected chi connectivity index (χ3v) is 3.67. The molecule has 1 amide bonds. The number of aromatic hydroxyl groups is 1. The number of anilines is 1. The molecule has 0 aliphatic heterocycles. The Kier molecular flexibility index (Phi) is 4.30. The van der Waals surface area contributed by atoms with Gasteiger partial charge in [0.05, 0.1) is 19.9 Å². The summed E-state index contributed by atoms with van der Waals surface area (Å²) in [4.78, 5) is 12.6. The van der Waals surface area contributed by atoms with Crippen LogP contribution in [0.3, 0.4) is 0 Å². The van der Waals surface area contributed by atoms with Crippen molar-refractivity contribution in [1.29, 1.82) is 5.41 Å². The smallest absolute Gasteiger partial charge is 0.261 e. The number of para-hydroxylation sites is 1. The van der Waals surface area contributed by atoms with Crippen LogP contribution in [0.4, 0.5) is 5.69 Å². The first-order valence-electron chi connectivity index (χ1n) is 7.37. The Morgan fingerprint density at radius 2 is 1.96 bits per heavy atom. The molecule has 7 nitrogen and oxygen atoms in total. The van der Waals surface area contributed by atoms with Crippen LogP contribution in [0.25, 0.3) is 11.0 Å². The van der Waals surface area contributed by atoms with E-state index in [9.17, 15) is 9.90 Å². The number of hydrogen-bond donors (Lipinski definition) is 3. The number of hydrogen-bond acceptors (Lipinski definition) is 6. The first-order chi connectivity index (χ1) is 12.0. The second-order valence-corrected chi connectivity index (χ2v) is 5.21. The van der Waals surface area contributed by atoms with Crippen molar-refractivity contribution in [2.45, 2.75) is 0 Å². The highest BCUT2D eigenvalue weighted by molar-refractivity contribution is 6.06. The minimum absolute atomic E-state index is 0.0305. The molecule has 0 aliphatic carbocycles. The molecule has 0 aliphatic rings. The van der Waals surface area contributed by atoms with E-state index in [1.807, 2.05) is 0 Å². The average Bonchev–Trinajstić information content (AvgIpc) is 2.62. The van der Waals surface area contributed by atoms with Gasteiger partial charge in [-0.3, -0.25) is 10.2 Å². The normalized spacial score (nSPS) is 10.5. The van der Waals surface area contributed by atoms with E-state index >= 15 is 0 Å². The number of nitrogens with one attached hydrogen (secondary N) is 2. The molecular weight excluding hydrogens is 324 g/mol. The number of carbonyl (C=O) groups is 1. The van der Waals surface area contributed by atoms with E-state index in [-0.39, 0.29) is 22.5 Å². The summed E-state index contributed by atoms with van der Waals surface area (Å²) in [5.74, 6) is 0.379. The molecule has 128 valence electrons. The third kappa shape index (κ3) is 3.12. The first-order valence-corrected chi connectivity index (χ1v) is 7.37. The van der Waals surface area contributed by atoms with Crippen LogP contribution in [0.2, 0.25) is 0 Å². The van der Waals surface area contributed by atoms with Crippen LogP contribution in [-0.4, -0.2) is 25.2 Å². The van der Waals surface area contributed by atoms with Gasteiger partial charge in [-0.05, 0) is 24.3 Å². The molecule has 0 saturated carbocycles. The van der Waals surface area contributed by atoms with Crippen LogP contribution < -0.4 is 20.3 Å². The number of methoxy groups -OCH3 is 2. The number of amides is 1. The highest BCUT2D eigenvalue weighted by Gasteiger charge is 2.15. The molecule has 0 bridgehead atoms. The van der Waals surface area contributed by atoms with Crippen molar-refractivity contribution in [3.05, 3.63) is 53.6 Å². The van der Waals surface area contributed by atoms with Crippen LogP contribution in [0.1, 0.15) is 10.4 Å². The number of fused-ring (bicyclic) bond motifs is 1. The predicted octanol–water partition coefficient (Wildman–Crippen LogP) is 2.89. The van der Waals surface area contributed by atoms with Crippen molar-refractivity contribution in [2.24, 2.45) is 0 Å². The molecule has 3 aromatic rings. The molecule has 2 aromatic carbocycles. The first kappa shape index (κ1) is 16.4. The molecule has 25 heavy (non-hydrogen) atoms. The summed E-state index contributed by atoms with van der Waals surface area (Å²) >= 11 is 0. The van der Waals surface area contributed by atoms with Gasteiger partial charge in [-0.15, -0.1) is 0 Å².